The van der Waals surface area contributed by atoms with Crippen molar-refractivity contribution >= 4 is 33.9 Å². The van der Waals surface area contributed by atoms with Gasteiger partial charge in [0.25, 0.3) is 0 Å². The maximum absolute atomic E-state index is 2.58. The highest BCUT2D eigenvalue weighted by Crippen LogP contribution is 2.56. The van der Waals surface area contributed by atoms with E-state index in [4.69, 9.17) is 0 Å². The van der Waals surface area contributed by atoms with Crippen molar-refractivity contribution in [1.82, 2.24) is 4.57 Å². The summed E-state index contributed by atoms with van der Waals surface area (Å²) in [6, 6.07) is 35.8. The minimum Gasteiger partial charge on any atom is -0.337 e. The smallest absolute Gasteiger partial charge is 0.0537 e. The molecule has 0 spiro atoms. The molecule has 312 valence electrons. The first kappa shape index (κ1) is 40.2. The highest BCUT2D eigenvalue weighted by Gasteiger charge is 2.43. The molecule has 0 saturated heterocycles. The van der Waals surface area contributed by atoms with Gasteiger partial charge in [-0.25, -0.2) is 0 Å². The second-order valence-corrected chi connectivity index (χ2v) is 19.9. The molecule has 1 unspecified atom stereocenters. The van der Waals surface area contributed by atoms with Crippen molar-refractivity contribution in [3.05, 3.63) is 194 Å². The second kappa shape index (κ2) is 14.9. The molecule has 6 aromatic rings. The SMILES string of the molecule is C/C=C(C)\C=C/CN(c1ccc2c(c1)C(C)(C)C1=CC(c3ccc4c(c3)C(C)(C)c3cc(-n5c6c(c7cc(C)ccc75)C=C(C)CC6)ccc3-4)=CCCC12)c1ccc(C)cc1C. The average Bonchev–Trinajstić information content (AvgIpc) is 3.65. The van der Waals surface area contributed by atoms with Gasteiger partial charge < -0.3 is 9.47 Å². The van der Waals surface area contributed by atoms with Gasteiger partial charge in [-0.2, -0.15) is 0 Å². The summed E-state index contributed by atoms with van der Waals surface area (Å²) in [5, 5.41) is 1.37. The lowest BCUT2D eigenvalue weighted by atomic mass is 9.79. The number of hydrogen-bond donors (Lipinski definition) is 0. The zero-order valence-corrected chi connectivity index (χ0v) is 38.6. The van der Waals surface area contributed by atoms with Crippen molar-refractivity contribution < 1.29 is 0 Å². The van der Waals surface area contributed by atoms with Crippen LogP contribution in [0, 0.1) is 20.8 Å². The number of hydrogen-bond acceptors (Lipinski definition) is 1. The molecule has 5 aromatic carbocycles. The average molecular weight is 811 g/mol. The molecule has 0 fully saturated rings. The molecule has 62 heavy (non-hydrogen) atoms. The topological polar surface area (TPSA) is 8.17 Å². The van der Waals surface area contributed by atoms with Gasteiger partial charge in [-0.3, -0.25) is 0 Å². The minimum absolute atomic E-state index is 0.0948. The van der Waals surface area contributed by atoms with Crippen LogP contribution < -0.4 is 4.90 Å². The van der Waals surface area contributed by atoms with Gasteiger partial charge in [-0.05, 0) is 166 Å². The van der Waals surface area contributed by atoms with E-state index in [9.17, 15) is 0 Å². The summed E-state index contributed by atoms with van der Waals surface area (Å²) in [6.45, 7) is 23.8. The molecular formula is C60H62N2. The second-order valence-electron chi connectivity index (χ2n) is 19.9. The van der Waals surface area contributed by atoms with E-state index in [1.165, 1.54) is 112 Å². The fourth-order valence-electron chi connectivity index (χ4n) is 11.5. The molecule has 0 radical (unpaired) electrons. The van der Waals surface area contributed by atoms with Gasteiger partial charge in [-0.15, -0.1) is 0 Å². The first-order chi connectivity index (χ1) is 29.7. The van der Waals surface area contributed by atoms with E-state index < -0.39 is 0 Å². The van der Waals surface area contributed by atoms with Crippen LogP contribution in [0.1, 0.15) is 129 Å². The van der Waals surface area contributed by atoms with E-state index in [1.54, 1.807) is 5.57 Å². The van der Waals surface area contributed by atoms with Crippen LogP contribution in [0.3, 0.4) is 0 Å². The number of allylic oxidation sites excluding steroid dienone is 8. The molecule has 0 N–H and O–H groups in total. The van der Waals surface area contributed by atoms with Crippen molar-refractivity contribution in [2.45, 2.75) is 112 Å². The van der Waals surface area contributed by atoms with E-state index in [0.717, 1.165) is 32.2 Å². The third-order valence-corrected chi connectivity index (χ3v) is 15.1. The Morgan fingerprint density at radius 1 is 0.758 bits per heavy atom. The summed E-state index contributed by atoms with van der Waals surface area (Å²) in [5.41, 5.74) is 27.2. The van der Waals surface area contributed by atoms with Crippen LogP contribution in [-0.4, -0.2) is 11.1 Å². The number of nitrogens with zero attached hydrogens (tertiary/aromatic N) is 2. The molecule has 0 amide bonds. The molecule has 2 heteroatoms. The molecule has 1 atom stereocenters. The molecule has 4 aliphatic carbocycles. The number of aromatic nitrogens is 1. The van der Waals surface area contributed by atoms with E-state index in [1.807, 2.05) is 0 Å². The molecular weight excluding hydrogens is 749 g/mol. The van der Waals surface area contributed by atoms with Crippen LogP contribution in [-0.2, 0) is 17.3 Å². The summed E-state index contributed by atoms with van der Waals surface area (Å²) in [4.78, 5) is 2.50. The van der Waals surface area contributed by atoms with E-state index in [0.29, 0.717) is 5.92 Å². The van der Waals surface area contributed by atoms with Gasteiger partial charge in [0.2, 0.25) is 0 Å². The van der Waals surface area contributed by atoms with Gasteiger partial charge in [-0.1, -0.05) is 134 Å². The lowest BCUT2D eigenvalue weighted by molar-refractivity contribution is 0.603. The van der Waals surface area contributed by atoms with Crippen LogP contribution in [0.15, 0.2) is 138 Å². The Kier molecular flexibility index (Phi) is 9.67. The number of rotatable bonds is 7. The molecule has 0 saturated carbocycles. The maximum atomic E-state index is 2.58. The number of aryl methyl sites for hydroxylation is 3. The summed E-state index contributed by atoms with van der Waals surface area (Å²) in [7, 11) is 0. The highest BCUT2D eigenvalue weighted by atomic mass is 15.1. The quantitative estimate of drug-likeness (QED) is 0.146. The van der Waals surface area contributed by atoms with E-state index in [2.05, 4.69) is 206 Å². The summed E-state index contributed by atoms with van der Waals surface area (Å²) in [6.07, 6.45) is 18.6. The fourth-order valence-corrected chi connectivity index (χ4v) is 11.5. The predicted octanol–water partition coefficient (Wildman–Crippen LogP) is 16.1. The van der Waals surface area contributed by atoms with Gasteiger partial charge in [0.1, 0.15) is 0 Å². The van der Waals surface area contributed by atoms with E-state index >= 15 is 0 Å². The Morgan fingerprint density at radius 3 is 2.31 bits per heavy atom. The normalized spacial score (nSPS) is 18.4. The van der Waals surface area contributed by atoms with Crippen LogP contribution in [0.5, 0.6) is 0 Å². The Balaban J connectivity index is 0.991. The van der Waals surface area contributed by atoms with Crippen LogP contribution in [0.2, 0.25) is 0 Å². The summed E-state index contributed by atoms with van der Waals surface area (Å²) >= 11 is 0. The Morgan fingerprint density at radius 2 is 1.52 bits per heavy atom. The molecule has 1 heterocycles. The third-order valence-electron chi connectivity index (χ3n) is 15.1. The zero-order valence-electron chi connectivity index (χ0n) is 38.6. The van der Waals surface area contributed by atoms with Gasteiger partial charge in [0, 0.05) is 57.0 Å². The lowest BCUT2D eigenvalue weighted by Crippen LogP contribution is -2.20. The molecule has 1 aromatic heterocycles. The van der Waals surface area contributed by atoms with Gasteiger partial charge in [0.05, 0.1) is 5.52 Å². The van der Waals surface area contributed by atoms with Crippen molar-refractivity contribution in [1.29, 1.82) is 0 Å². The van der Waals surface area contributed by atoms with Gasteiger partial charge in [0.15, 0.2) is 0 Å². The first-order valence-electron chi connectivity index (χ1n) is 23.1. The first-order valence-corrected chi connectivity index (χ1v) is 23.1. The molecule has 0 bridgehead atoms. The van der Waals surface area contributed by atoms with Crippen molar-refractivity contribution in [2.75, 3.05) is 11.4 Å². The fraction of sp³-hybridized carbons (Fsp3) is 0.300. The van der Waals surface area contributed by atoms with Crippen LogP contribution >= 0.6 is 0 Å². The Bertz CT molecular complexity index is 3000. The molecule has 0 aliphatic heterocycles. The number of anilines is 2. The highest BCUT2D eigenvalue weighted by molar-refractivity contribution is 5.95. The lowest BCUT2D eigenvalue weighted by Gasteiger charge is -2.28. The Hall–Kier alpha value is -5.86. The third kappa shape index (κ3) is 6.43. The van der Waals surface area contributed by atoms with E-state index in [-0.39, 0.29) is 10.8 Å². The monoisotopic (exact) mass is 810 g/mol. The van der Waals surface area contributed by atoms with Crippen molar-refractivity contribution in [3.63, 3.8) is 0 Å². The van der Waals surface area contributed by atoms with Crippen molar-refractivity contribution in [2.24, 2.45) is 0 Å². The number of fused-ring (bicyclic) bond motifs is 9. The Labute approximate surface area is 370 Å². The largest absolute Gasteiger partial charge is 0.337 e. The summed E-state index contributed by atoms with van der Waals surface area (Å²) in [5.74, 6) is 0.418. The molecule has 10 rings (SSSR count). The predicted molar refractivity (Wildman–Crippen MR) is 267 cm³/mol. The minimum atomic E-state index is -0.130. The summed E-state index contributed by atoms with van der Waals surface area (Å²) < 4.78 is 2.56. The van der Waals surface area contributed by atoms with Gasteiger partial charge >= 0.3 is 0 Å². The standard InChI is InChI=1S/C60H62N2/c1-11-37(2)14-13-29-61(56-26-17-38(3)30-41(56)6)44-21-24-48-46-16-12-15-42(33-52(46)59(7,8)54(48)35-44)43-20-23-47-49-25-22-45(36-55(49)60(9,10)53(47)34-43)62-57-27-18-39(4)31-50(57)51-32-40(5)19-28-58(51)62/h11,13-15,17-18,20-27,30-36,46H,12,16,19,28-29H2,1-10H3/b14-13-,37-11-. The maximum Gasteiger partial charge on any atom is 0.0537 e. The van der Waals surface area contributed by atoms with Crippen LogP contribution in [0.25, 0.3) is 39.4 Å². The zero-order chi connectivity index (χ0) is 43.2. The van der Waals surface area contributed by atoms with Crippen LogP contribution in [0.4, 0.5) is 11.4 Å². The molecule has 4 aliphatic rings. The number of benzene rings is 5. The van der Waals surface area contributed by atoms with Crippen molar-refractivity contribution in [3.8, 4) is 16.8 Å². The molecule has 2 nitrogen and oxygen atoms in total.